The van der Waals surface area contributed by atoms with Crippen molar-refractivity contribution in [3.63, 3.8) is 0 Å². The van der Waals surface area contributed by atoms with Gasteiger partial charge in [0.2, 0.25) is 5.91 Å². The van der Waals surface area contributed by atoms with Crippen LogP contribution in [0.15, 0.2) is 22.6 Å². The second-order valence-corrected chi connectivity index (χ2v) is 8.02. The van der Waals surface area contributed by atoms with Gasteiger partial charge in [-0.15, -0.1) is 0 Å². The van der Waals surface area contributed by atoms with Crippen molar-refractivity contribution in [3.8, 4) is 0 Å². The van der Waals surface area contributed by atoms with E-state index in [0.29, 0.717) is 5.58 Å². The van der Waals surface area contributed by atoms with Crippen molar-refractivity contribution in [2.75, 3.05) is 13.1 Å². The summed E-state index contributed by atoms with van der Waals surface area (Å²) in [7, 11) is 0. The van der Waals surface area contributed by atoms with Gasteiger partial charge in [-0.25, -0.2) is 0 Å². The molecule has 1 aliphatic carbocycles. The molecule has 148 valence electrons. The number of carboxylic acids is 1. The molecule has 4 rings (SSSR count). The number of amides is 2. The Morgan fingerprint density at radius 1 is 1.14 bits per heavy atom. The lowest BCUT2D eigenvalue weighted by Gasteiger charge is -2.35. The second kappa shape index (κ2) is 6.96. The van der Waals surface area contributed by atoms with Crippen LogP contribution in [0, 0.1) is 25.7 Å². The van der Waals surface area contributed by atoms with Gasteiger partial charge >= 0.3 is 5.97 Å². The van der Waals surface area contributed by atoms with Crippen LogP contribution in [0.5, 0.6) is 0 Å². The molecule has 2 heterocycles. The molecule has 0 bridgehead atoms. The van der Waals surface area contributed by atoms with E-state index in [-0.39, 0.29) is 43.1 Å². The number of likely N-dealkylation sites (tertiary alicyclic amines) is 1. The first-order chi connectivity index (χ1) is 13.3. The third kappa shape index (κ3) is 3.48. The number of aliphatic carboxylic acids is 1. The summed E-state index contributed by atoms with van der Waals surface area (Å²) in [5.41, 5.74) is 2.40. The molecule has 2 atom stereocenters. The maximum Gasteiger partial charge on any atom is 0.308 e. The van der Waals surface area contributed by atoms with Crippen molar-refractivity contribution in [3.05, 3.63) is 35.1 Å². The summed E-state index contributed by atoms with van der Waals surface area (Å²) in [6.07, 6.45) is 2.16. The van der Waals surface area contributed by atoms with E-state index in [9.17, 15) is 19.5 Å². The van der Waals surface area contributed by atoms with E-state index in [1.165, 1.54) is 4.90 Å². The zero-order chi connectivity index (χ0) is 20.0. The van der Waals surface area contributed by atoms with Gasteiger partial charge in [0.05, 0.1) is 11.8 Å². The molecule has 2 aromatic rings. The largest absolute Gasteiger partial charge is 0.481 e. The SMILES string of the molecule is Cc1ccc2c(C)c(C(=O)N3C[C@H](C(=O)O)C[C@@H](C(=O)NC4CC4)C3)oc2c1. The molecule has 2 amide bonds. The molecule has 2 N–H and O–H groups in total. The van der Waals surface area contributed by atoms with Gasteiger partial charge in [0, 0.05) is 30.1 Å². The van der Waals surface area contributed by atoms with Gasteiger partial charge in [0.25, 0.3) is 5.91 Å². The van der Waals surface area contributed by atoms with Crippen LogP contribution in [0.4, 0.5) is 0 Å². The van der Waals surface area contributed by atoms with E-state index in [1.54, 1.807) is 0 Å². The van der Waals surface area contributed by atoms with Gasteiger partial charge in [0.15, 0.2) is 5.76 Å². The van der Waals surface area contributed by atoms with Gasteiger partial charge in [-0.2, -0.15) is 0 Å². The maximum absolute atomic E-state index is 13.2. The number of nitrogens with one attached hydrogen (secondary N) is 1. The quantitative estimate of drug-likeness (QED) is 0.844. The molecule has 1 saturated carbocycles. The predicted octanol–water partition coefficient (Wildman–Crippen LogP) is 2.49. The van der Waals surface area contributed by atoms with E-state index < -0.39 is 17.8 Å². The van der Waals surface area contributed by atoms with Crippen molar-refractivity contribution >= 4 is 28.8 Å². The molecular weight excluding hydrogens is 360 g/mol. The van der Waals surface area contributed by atoms with Gasteiger partial charge in [-0.05, 0) is 44.7 Å². The number of hydrogen-bond acceptors (Lipinski definition) is 4. The minimum atomic E-state index is -0.987. The summed E-state index contributed by atoms with van der Waals surface area (Å²) in [6.45, 7) is 4.06. The standard InChI is InChI=1S/C21H24N2O5/c1-11-3-6-16-12(2)18(28-17(16)7-11)20(25)23-9-13(8-14(10-23)21(26)27)19(24)22-15-4-5-15/h3,6-7,13-15H,4-5,8-10H2,1-2H3,(H,22,24)(H,26,27)/t13-,14-/m1/s1. The zero-order valence-corrected chi connectivity index (χ0v) is 16.0. The van der Waals surface area contributed by atoms with Crippen molar-refractivity contribution in [2.45, 2.75) is 39.2 Å². The average Bonchev–Trinajstić information content (AvgIpc) is 3.42. The summed E-state index contributed by atoms with van der Waals surface area (Å²) in [5.74, 6) is -2.58. The van der Waals surface area contributed by atoms with Gasteiger partial charge in [-0.1, -0.05) is 12.1 Å². The number of piperidine rings is 1. The Balaban J connectivity index is 1.60. The number of fused-ring (bicyclic) bond motifs is 1. The van der Waals surface area contributed by atoms with Crippen molar-refractivity contribution in [1.29, 1.82) is 0 Å². The van der Waals surface area contributed by atoms with E-state index in [1.807, 2.05) is 32.0 Å². The highest BCUT2D eigenvalue weighted by molar-refractivity contribution is 5.99. The molecule has 7 nitrogen and oxygen atoms in total. The normalized spacial score (nSPS) is 22.3. The first-order valence-corrected chi connectivity index (χ1v) is 9.65. The second-order valence-electron chi connectivity index (χ2n) is 8.02. The Hall–Kier alpha value is -2.83. The minimum absolute atomic E-state index is 0.0802. The Morgan fingerprint density at radius 3 is 2.54 bits per heavy atom. The highest BCUT2D eigenvalue weighted by atomic mass is 16.4. The molecule has 1 aliphatic heterocycles. The molecule has 0 spiro atoms. The number of rotatable bonds is 4. The molecule has 28 heavy (non-hydrogen) atoms. The van der Waals surface area contributed by atoms with Crippen LogP contribution in [-0.2, 0) is 9.59 Å². The fourth-order valence-electron chi connectivity index (χ4n) is 3.86. The fourth-order valence-corrected chi connectivity index (χ4v) is 3.86. The summed E-state index contributed by atoms with van der Waals surface area (Å²) >= 11 is 0. The van der Waals surface area contributed by atoms with Crippen LogP contribution in [0.1, 0.15) is 40.9 Å². The molecule has 0 unspecified atom stereocenters. The highest BCUT2D eigenvalue weighted by Crippen LogP contribution is 2.30. The summed E-state index contributed by atoms with van der Waals surface area (Å²) in [5, 5.41) is 13.3. The fraction of sp³-hybridized carbons (Fsp3) is 0.476. The zero-order valence-electron chi connectivity index (χ0n) is 16.0. The molecule has 1 saturated heterocycles. The third-order valence-corrected chi connectivity index (χ3v) is 5.67. The van der Waals surface area contributed by atoms with Crippen LogP contribution in [-0.4, -0.2) is 46.9 Å². The Kier molecular flexibility index (Phi) is 4.61. The van der Waals surface area contributed by atoms with Crippen LogP contribution in [0.2, 0.25) is 0 Å². The molecule has 2 fully saturated rings. The number of nitrogens with zero attached hydrogens (tertiary/aromatic N) is 1. The number of carboxylic acid groups (broad SMARTS) is 1. The molecule has 1 aromatic heterocycles. The topological polar surface area (TPSA) is 99.9 Å². The lowest BCUT2D eigenvalue weighted by atomic mass is 9.88. The first kappa shape index (κ1) is 18.5. The number of benzene rings is 1. The van der Waals surface area contributed by atoms with E-state index in [0.717, 1.165) is 29.4 Å². The smallest absolute Gasteiger partial charge is 0.308 e. The Morgan fingerprint density at radius 2 is 1.86 bits per heavy atom. The lowest BCUT2D eigenvalue weighted by molar-refractivity contribution is -0.144. The van der Waals surface area contributed by atoms with Gasteiger partial charge in [-0.3, -0.25) is 14.4 Å². The van der Waals surface area contributed by atoms with E-state index in [4.69, 9.17) is 4.42 Å². The predicted molar refractivity (Wildman–Crippen MR) is 102 cm³/mol. The summed E-state index contributed by atoms with van der Waals surface area (Å²) in [4.78, 5) is 38.7. The maximum atomic E-state index is 13.2. The molecule has 2 aliphatic rings. The van der Waals surface area contributed by atoms with E-state index >= 15 is 0 Å². The van der Waals surface area contributed by atoms with Crippen LogP contribution >= 0.6 is 0 Å². The minimum Gasteiger partial charge on any atom is -0.481 e. The van der Waals surface area contributed by atoms with Crippen molar-refractivity contribution in [1.82, 2.24) is 10.2 Å². The average molecular weight is 384 g/mol. The molecular formula is C21H24N2O5. The molecule has 7 heteroatoms. The molecule has 0 radical (unpaired) electrons. The molecule has 1 aromatic carbocycles. The van der Waals surface area contributed by atoms with E-state index in [2.05, 4.69) is 5.32 Å². The van der Waals surface area contributed by atoms with Crippen LogP contribution in [0.25, 0.3) is 11.0 Å². The number of carbonyl (C=O) groups is 3. The number of aryl methyl sites for hydroxylation is 2. The van der Waals surface area contributed by atoms with Crippen LogP contribution in [0.3, 0.4) is 0 Å². The van der Waals surface area contributed by atoms with Crippen molar-refractivity contribution in [2.24, 2.45) is 11.8 Å². The third-order valence-electron chi connectivity index (χ3n) is 5.67. The number of carbonyl (C=O) groups excluding carboxylic acids is 2. The van der Waals surface area contributed by atoms with Crippen LogP contribution < -0.4 is 5.32 Å². The first-order valence-electron chi connectivity index (χ1n) is 9.65. The lowest BCUT2D eigenvalue weighted by Crippen LogP contribution is -2.50. The van der Waals surface area contributed by atoms with Gasteiger partial charge in [0.1, 0.15) is 5.58 Å². The van der Waals surface area contributed by atoms with Gasteiger partial charge < -0.3 is 19.7 Å². The highest BCUT2D eigenvalue weighted by Gasteiger charge is 2.39. The summed E-state index contributed by atoms with van der Waals surface area (Å²) < 4.78 is 5.82. The Bertz CT molecular complexity index is 959. The Labute approximate surface area is 162 Å². The monoisotopic (exact) mass is 384 g/mol. The summed E-state index contributed by atoms with van der Waals surface area (Å²) in [6, 6.07) is 5.95. The van der Waals surface area contributed by atoms with Crippen molar-refractivity contribution < 1.29 is 23.9 Å². The number of hydrogen-bond donors (Lipinski definition) is 2. The number of furan rings is 1.